The van der Waals surface area contributed by atoms with Gasteiger partial charge in [0.05, 0.1) is 24.8 Å². The van der Waals surface area contributed by atoms with Crippen molar-refractivity contribution >= 4 is 18.0 Å². The van der Waals surface area contributed by atoms with Crippen LogP contribution in [0, 0.1) is 0 Å². The van der Waals surface area contributed by atoms with Crippen LogP contribution in [0.25, 0.3) is 0 Å². The lowest BCUT2D eigenvalue weighted by molar-refractivity contribution is -0.144. The molecule has 3 aromatic carbocycles. The number of allylic oxidation sites excluding steroid dienone is 1. The summed E-state index contributed by atoms with van der Waals surface area (Å²) >= 11 is 0. The molecule has 2 amide bonds. The summed E-state index contributed by atoms with van der Waals surface area (Å²) in [4.78, 5) is 43.1. The lowest BCUT2D eigenvalue weighted by Gasteiger charge is -2.43. The third kappa shape index (κ3) is 6.93. The molecule has 0 aromatic heterocycles. The van der Waals surface area contributed by atoms with Gasteiger partial charge in [-0.05, 0) is 37.0 Å². The van der Waals surface area contributed by atoms with Gasteiger partial charge in [0.15, 0.2) is 0 Å². The Morgan fingerprint density at radius 3 is 2.03 bits per heavy atom. The molecule has 0 radical (unpaired) electrons. The van der Waals surface area contributed by atoms with Gasteiger partial charge in [0.1, 0.15) is 6.61 Å². The van der Waals surface area contributed by atoms with Gasteiger partial charge < -0.3 is 14.4 Å². The van der Waals surface area contributed by atoms with Gasteiger partial charge in [-0.2, -0.15) is 0 Å². The first kappa shape index (κ1) is 27.6. The zero-order valence-corrected chi connectivity index (χ0v) is 22.4. The first-order valence-electron chi connectivity index (χ1n) is 13.2. The van der Waals surface area contributed by atoms with E-state index in [-0.39, 0.29) is 31.6 Å². The average molecular weight is 527 g/mol. The van der Waals surface area contributed by atoms with Crippen molar-refractivity contribution in [2.75, 3.05) is 13.2 Å². The van der Waals surface area contributed by atoms with Crippen LogP contribution in [0.4, 0.5) is 4.79 Å². The van der Waals surface area contributed by atoms with Crippen molar-refractivity contribution < 1.29 is 23.9 Å². The van der Waals surface area contributed by atoms with E-state index in [0.717, 1.165) is 16.7 Å². The fourth-order valence-corrected chi connectivity index (χ4v) is 4.75. The van der Waals surface area contributed by atoms with E-state index in [2.05, 4.69) is 0 Å². The monoisotopic (exact) mass is 526 g/mol. The molecule has 0 saturated carbocycles. The minimum absolute atomic E-state index is 0.119. The Labute approximate surface area is 229 Å². The summed E-state index contributed by atoms with van der Waals surface area (Å²) in [6.07, 6.45) is 0.576. The van der Waals surface area contributed by atoms with Crippen LogP contribution in [-0.2, 0) is 32.2 Å². The zero-order chi connectivity index (χ0) is 27.6. The molecule has 7 nitrogen and oxygen atoms in total. The molecular formula is C32H34N2O5. The van der Waals surface area contributed by atoms with Crippen molar-refractivity contribution in [2.45, 2.75) is 45.9 Å². The Balaban J connectivity index is 1.72. The van der Waals surface area contributed by atoms with E-state index in [1.54, 1.807) is 23.6 Å². The minimum atomic E-state index is -0.656. The van der Waals surface area contributed by atoms with E-state index >= 15 is 0 Å². The lowest BCUT2D eigenvalue weighted by Crippen LogP contribution is -2.50. The van der Waals surface area contributed by atoms with Gasteiger partial charge in [0.25, 0.3) is 0 Å². The first-order valence-corrected chi connectivity index (χ1v) is 13.2. The number of amides is 2. The second-order valence-corrected chi connectivity index (χ2v) is 9.33. The molecule has 1 heterocycles. The highest BCUT2D eigenvalue weighted by atomic mass is 16.5. The standard InChI is InChI=1S/C32H34N2O5/c1-3-38-28(35)20-13-21-33-30(27-18-11-6-12-19-27)29(31(36)39-23-26-16-9-5-10-17-26)24(2)34(32(33)37)22-25-14-7-4-8-15-25/h4-12,14-19,30H,3,13,20-23H2,1-2H3. The number of rotatable bonds is 11. The molecule has 0 fully saturated rings. The molecule has 0 spiro atoms. The quantitative estimate of drug-likeness (QED) is 0.285. The number of carbonyl (C=O) groups is 3. The fourth-order valence-electron chi connectivity index (χ4n) is 4.75. The van der Waals surface area contributed by atoms with Crippen molar-refractivity contribution in [2.24, 2.45) is 0 Å². The lowest BCUT2D eigenvalue weighted by atomic mass is 9.92. The van der Waals surface area contributed by atoms with Crippen molar-refractivity contribution in [1.82, 2.24) is 9.80 Å². The number of nitrogens with zero attached hydrogens (tertiary/aromatic N) is 2. The number of hydrogen-bond acceptors (Lipinski definition) is 5. The summed E-state index contributed by atoms with van der Waals surface area (Å²) in [6, 6.07) is 27.7. The molecule has 0 bridgehead atoms. The van der Waals surface area contributed by atoms with Crippen LogP contribution >= 0.6 is 0 Å². The highest BCUT2D eigenvalue weighted by Gasteiger charge is 2.42. The molecule has 202 valence electrons. The molecule has 39 heavy (non-hydrogen) atoms. The molecule has 0 N–H and O–H groups in total. The number of carbonyl (C=O) groups excluding carboxylic acids is 3. The van der Waals surface area contributed by atoms with Crippen molar-refractivity contribution in [1.29, 1.82) is 0 Å². The third-order valence-electron chi connectivity index (χ3n) is 6.67. The number of urea groups is 1. The Morgan fingerprint density at radius 1 is 0.821 bits per heavy atom. The van der Waals surface area contributed by atoms with Crippen molar-refractivity contribution in [3.8, 4) is 0 Å². The van der Waals surface area contributed by atoms with Gasteiger partial charge in [-0.1, -0.05) is 91.0 Å². The van der Waals surface area contributed by atoms with Crippen LogP contribution in [-0.4, -0.2) is 40.9 Å². The summed E-state index contributed by atoms with van der Waals surface area (Å²) in [7, 11) is 0. The molecule has 1 atom stereocenters. The van der Waals surface area contributed by atoms with Gasteiger partial charge in [0.2, 0.25) is 0 Å². The number of benzene rings is 3. The van der Waals surface area contributed by atoms with Crippen molar-refractivity contribution in [3.63, 3.8) is 0 Å². The van der Waals surface area contributed by atoms with E-state index in [0.29, 0.717) is 30.8 Å². The number of hydrogen-bond donors (Lipinski definition) is 0. The molecule has 0 saturated heterocycles. The molecule has 1 unspecified atom stereocenters. The SMILES string of the molecule is CCOC(=O)CCCN1C(=O)N(Cc2ccccc2)C(C)=C(C(=O)OCc2ccccc2)C1c1ccccc1. The largest absolute Gasteiger partial charge is 0.466 e. The molecule has 4 rings (SSSR count). The normalized spacial score (nSPS) is 15.3. The van der Waals surface area contributed by atoms with Crippen LogP contribution in [0.2, 0.25) is 0 Å². The maximum absolute atomic E-state index is 14.0. The third-order valence-corrected chi connectivity index (χ3v) is 6.67. The summed E-state index contributed by atoms with van der Waals surface area (Å²) in [5.74, 6) is -0.792. The molecule has 7 heteroatoms. The highest BCUT2D eigenvalue weighted by molar-refractivity contribution is 5.95. The van der Waals surface area contributed by atoms with Crippen LogP contribution in [0.1, 0.15) is 49.4 Å². The van der Waals surface area contributed by atoms with Crippen LogP contribution in [0.15, 0.2) is 102 Å². The summed E-state index contributed by atoms with van der Waals surface area (Å²) in [5.41, 5.74) is 3.57. The van der Waals surface area contributed by atoms with Gasteiger partial charge in [-0.25, -0.2) is 9.59 Å². The minimum Gasteiger partial charge on any atom is -0.466 e. The van der Waals surface area contributed by atoms with E-state index in [4.69, 9.17) is 9.47 Å². The van der Waals surface area contributed by atoms with Crippen molar-refractivity contribution in [3.05, 3.63) is 119 Å². The summed E-state index contributed by atoms with van der Waals surface area (Å²) in [6.45, 7) is 4.56. The number of esters is 2. The Kier molecular flexibility index (Phi) is 9.51. The second-order valence-electron chi connectivity index (χ2n) is 9.33. The predicted molar refractivity (Wildman–Crippen MR) is 148 cm³/mol. The molecule has 1 aliphatic heterocycles. The van der Waals surface area contributed by atoms with Gasteiger partial charge in [-0.3, -0.25) is 9.69 Å². The maximum Gasteiger partial charge on any atom is 0.338 e. The average Bonchev–Trinajstić information content (AvgIpc) is 2.96. The Hall–Kier alpha value is -4.39. The van der Waals surface area contributed by atoms with Crippen LogP contribution < -0.4 is 0 Å². The molecule has 0 aliphatic carbocycles. The summed E-state index contributed by atoms with van der Waals surface area (Å²) in [5, 5.41) is 0. The smallest absolute Gasteiger partial charge is 0.338 e. The van der Waals surface area contributed by atoms with E-state index < -0.39 is 12.0 Å². The van der Waals surface area contributed by atoms with E-state index in [1.807, 2.05) is 91.0 Å². The second kappa shape index (κ2) is 13.4. The zero-order valence-electron chi connectivity index (χ0n) is 22.4. The maximum atomic E-state index is 14.0. The fraction of sp³-hybridized carbons (Fsp3) is 0.281. The topological polar surface area (TPSA) is 76.2 Å². The molecule has 1 aliphatic rings. The molecule has 3 aromatic rings. The first-order chi connectivity index (χ1) is 19.0. The number of ether oxygens (including phenoxy) is 2. The Morgan fingerprint density at radius 2 is 1.41 bits per heavy atom. The van der Waals surface area contributed by atoms with Gasteiger partial charge in [0, 0.05) is 18.7 Å². The highest BCUT2D eigenvalue weighted by Crippen LogP contribution is 2.38. The van der Waals surface area contributed by atoms with Crippen LogP contribution in [0.3, 0.4) is 0 Å². The molecular weight excluding hydrogens is 492 g/mol. The van der Waals surface area contributed by atoms with Gasteiger partial charge >= 0.3 is 18.0 Å². The van der Waals surface area contributed by atoms with E-state index in [9.17, 15) is 14.4 Å². The predicted octanol–water partition coefficient (Wildman–Crippen LogP) is 6.03. The van der Waals surface area contributed by atoms with Crippen LogP contribution in [0.5, 0.6) is 0 Å². The van der Waals surface area contributed by atoms with Gasteiger partial charge in [-0.15, -0.1) is 0 Å². The van der Waals surface area contributed by atoms with E-state index in [1.165, 1.54) is 0 Å². The Bertz CT molecular complexity index is 1290. The summed E-state index contributed by atoms with van der Waals surface area (Å²) < 4.78 is 10.9.